The highest BCUT2D eigenvalue weighted by atomic mass is 32.2. The molecule has 3 rings (SSSR count). The van der Waals surface area contributed by atoms with Crippen LogP contribution in [0.3, 0.4) is 0 Å². The minimum atomic E-state index is -0.395. The number of nitrogens with one attached hydrogen (secondary N) is 1. The van der Waals surface area contributed by atoms with Crippen LogP contribution < -0.4 is 14.8 Å². The van der Waals surface area contributed by atoms with Crippen LogP contribution in [-0.2, 0) is 11.4 Å². The number of carbonyl (C=O) groups is 2. The normalized spacial score (nSPS) is 15.2. The molecule has 2 aromatic rings. The van der Waals surface area contributed by atoms with Gasteiger partial charge in [0.1, 0.15) is 6.61 Å². The van der Waals surface area contributed by atoms with E-state index in [1.165, 1.54) is 0 Å². The summed E-state index contributed by atoms with van der Waals surface area (Å²) in [5.41, 5.74) is 4.10. The summed E-state index contributed by atoms with van der Waals surface area (Å²) in [6.45, 7) is 6.00. The molecule has 7 nitrogen and oxygen atoms in total. The van der Waals surface area contributed by atoms with Gasteiger partial charge in [-0.1, -0.05) is 6.07 Å². The Morgan fingerprint density at radius 1 is 1.07 bits per heavy atom. The summed E-state index contributed by atoms with van der Waals surface area (Å²) in [7, 11) is 1.54. The van der Waals surface area contributed by atoms with Crippen LogP contribution in [0.4, 0.5) is 4.79 Å². The molecule has 1 fully saturated rings. The predicted molar refractivity (Wildman–Crippen MR) is 103 cm³/mol. The number of methoxy groups -OCH3 is 1. The zero-order chi connectivity index (χ0) is 19.6. The number of imide groups is 1. The van der Waals surface area contributed by atoms with Crippen molar-refractivity contribution in [2.75, 3.05) is 7.11 Å². The minimum absolute atomic E-state index is 0.267. The van der Waals surface area contributed by atoms with Crippen LogP contribution in [0.15, 0.2) is 23.1 Å². The van der Waals surface area contributed by atoms with Crippen LogP contribution in [0.2, 0.25) is 0 Å². The molecule has 0 aliphatic carbocycles. The number of thioether (sulfide) groups is 1. The van der Waals surface area contributed by atoms with E-state index in [0.29, 0.717) is 16.4 Å². The molecule has 1 aromatic heterocycles. The van der Waals surface area contributed by atoms with Gasteiger partial charge < -0.3 is 9.47 Å². The Hall–Kier alpha value is -2.87. The maximum atomic E-state index is 11.7. The van der Waals surface area contributed by atoms with E-state index in [0.717, 1.165) is 40.1 Å². The largest absolute Gasteiger partial charge is 0.493 e. The highest BCUT2D eigenvalue weighted by Gasteiger charge is 2.25. The lowest BCUT2D eigenvalue weighted by Crippen LogP contribution is -2.17. The molecular weight excluding hydrogens is 366 g/mol. The van der Waals surface area contributed by atoms with Crippen molar-refractivity contribution in [3.8, 4) is 11.5 Å². The van der Waals surface area contributed by atoms with E-state index in [1.54, 1.807) is 31.4 Å². The van der Waals surface area contributed by atoms with E-state index in [2.05, 4.69) is 15.3 Å². The Kier molecular flexibility index (Phi) is 5.46. The summed E-state index contributed by atoms with van der Waals surface area (Å²) in [5, 5.41) is 1.86. The Morgan fingerprint density at radius 3 is 2.48 bits per heavy atom. The Morgan fingerprint density at radius 2 is 1.81 bits per heavy atom. The summed E-state index contributed by atoms with van der Waals surface area (Å²) < 4.78 is 11.3. The van der Waals surface area contributed by atoms with Crippen molar-refractivity contribution in [3.63, 3.8) is 0 Å². The summed E-state index contributed by atoms with van der Waals surface area (Å²) >= 11 is 0.872. The SMILES string of the molecule is COc1cc(/C=C2\SC(=O)NC2=O)ccc1OCc1nc(C)c(C)nc1C. The molecule has 2 amide bonds. The van der Waals surface area contributed by atoms with E-state index < -0.39 is 5.91 Å². The van der Waals surface area contributed by atoms with Crippen molar-refractivity contribution in [2.45, 2.75) is 27.4 Å². The topological polar surface area (TPSA) is 90.4 Å². The van der Waals surface area contributed by atoms with Crippen molar-refractivity contribution in [3.05, 3.63) is 51.4 Å². The number of amides is 2. The van der Waals surface area contributed by atoms with Gasteiger partial charge in [0.05, 0.1) is 34.8 Å². The average molecular weight is 385 g/mol. The number of carbonyl (C=O) groups excluding carboxylic acids is 2. The van der Waals surface area contributed by atoms with Gasteiger partial charge in [0.25, 0.3) is 11.1 Å². The first-order chi connectivity index (χ1) is 12.9. The van der Waals surface area contributed by atoms with Crippen molar-refractivity contribution < 1.29 is 19.1 Å². The molecule has 0 unspecified atom stereocenters. The third-order valence-corrected chi connectivity index (χ3v) is 4.88. The average Bonchev–Trinajstić information content (AvgIpc) is 2.94. The number of aryl methyl sites for hydroxylation is 3. The summed E-state index contributed by atoms with van der Waals surface area (Å²) in [5.74, 6) is 0.681. The summed E-state index contributed by atoms with van der Waals surface area (Å²) in [6.07, 6.45) is 1.64. The number of ether oxygens (including phenoxy) is 2. The fourth-order valence-corrected chi connectivity index (χ4v) is 3.19. The zero-order valence-corrected chi connectivity index (χ0v) is 16.3. The number of benzene rings is 1. The van der Waals surface area contributed by atoms with E-state index in [-0.39, 0.29) is 11.8 Å². The molecule has 27 heavy (non-hydrogen) atoms. The lowest BCUT2D eigenvalue weighted by Gasteiger charge is -2.13. The first-order valence-electron chi connectivity index (χ1n) is 8.24. The smallest absolute Gasteiger partial charge is 0.290 e. The minimum Gasteiger partial charge on any atom is -0.493 e. The van der Waals surface area contributed by atoms with Crippen molar-refractivity contribution >= 4 is 29.0 Å². The Balaban J connectivity index is 1.79. The second-order valence-corrected chi connectivity index (χ2v) is 6.99. The lowest BCUT2D eigenvalue weighted by atomic mass is 10.2. The van der Waals surface area contributed by atoms with Gasteiger partial charge in [-0.15, -0.1) is 0 Å². The van der Waals surface area contributed by atoms with Gasteiger partial charge in [-0.25, -0.2) is 0 Å². The maximum absolute atomic E-state index is 11.7. The van der Waals surface area contributed by atoms with Gasteiger partial charge in [0.2, 0.25) is 0 Å². The van der Waals surface area contributed by atoms with E-state index in [4.69, 9.17) is 9.47 Å². The molecular formula is C19H19N3O4S. The molecule has 1 aliphatic heterocycles. The molecule has 0 spiro atoms. The van der Waals surface area contributed by atoms with Crippen LogP contribution in [0.25, 0.3) is 6.08 Å². The second-order valence-electron chi connectivity index (χ2n) is 5.98. The van der Waals surface area contributed by atoms with E-state index >= 15 is 0 Å². The summed E-state index contributed by atoms with van der Waals surface area (Å²) in [6, 6.07) is 5.30. The van der Waals surface area contributed by atoms with E-state index in [9.17, 15) is 9.59 Å². The number of aromatic nitrogens is 2. The van der Waals surface area contributed by atoms with Gasteiger partial charge in [-0.3, -0.25) is 24.9 Å². The van der Waals surface area contributed by atoms with E-state index in [1.807, 2.05) is 20.8 Å². The molecule has 1 aromatic carbocycles. The van der Waals surface area contributed by atoms with Crippen LogP contribution in [0, 0.1) is 20.8 Å². The summed E-state index contributed by atoms with van der Waals surface area (Å²) in [4.78, 5) is 32.3. The van der Waals surface area contributed by atoms with Crippen molar-refractivity contribution in [1.29, 1.82) is 0 Å². The van der Waals surface area contributed by atoms with Crippen LogP contribution in [0.5, 0.6) is 11.5 Å². The van der Waals surface area contributed by atoms with Crippen molar-refractivity contribution in [2.24, 2.45) is 0 Å². The third-order valence-electron chi connectivity index (χ3n) is 4.07. The van der Waals surface area contributed by atoms with Gasteiger partial charge in [-0.05, 0) is 56.3 Å². The van der Waals surface area contributed by atoms with Crippen LogP contribution >= 0.6 is 11.8 Å². The highest BCUT2D eigenvalue weighted by molar-refractivity contribution is 8.18. The van der Waals surface area contributed by atoms with Crippen molar-refractivity contribution in [1.82, 2.24) is 15.3 Å². The molecule has 0 radical (unpaired) electrons. The number of hydrogen-bond acceptors (Lipinski definition) is 7. The standard InChI is InChI=1S/C19H19N3O4S/c1-10-11(2)21-14(12(3)20-10)9-26-15-6-5-13(7-16(15)25-4)8-17-18(23)22-19(24)27-17/h5-8H,9H2,1-4H3,(H,22,23,24)/b17-8-. The molecule has 1 saturated heterocycles. The first kappa shape index (κ1) is 18.9. The quantitative estimate of drug-likeness (QED) is 0.790. The van der Waals surface area contributed by atoms with Gasteiger partial charge in [0.15, 0.2) is 11.5 Å². The predicted octanol–water partition coefficient (Wildman–Crippen LogP) is 3.31. The molecule has 1 N–H and O–H groups in total. The molecule has 0 bridgehead atoms. The number of nitrogens with zero attached hydrogens (tertiary/aromatic N) is 2. The van der Waals surface area contributed by atoms with Crippen LogP contribution in [-0.4, -0.2) is 28.2 Å². The number of rotatable bonds is 5. The van der Waals surface area contributed by atoms with Gasteiger partial charge in [0, 0.05) is 0 Å². The monoisotopic (exact) mass is 385 g/mol. The third kappa shape index (κ3) is 4.28. The van der Waals surface area contributed by atoms with Gasteiger partial charge >= 0.3 is 0 Å². The molecule has 0 atom stereocenters. The number of hydrogen-bond donors (Lipinski definition) is 1. The molecule has 0 saturated carbocycles. The maximum Gasteiger partial charge on any atom is 0.290 e. The van der Waals surface area contributed by atoms with Crippen LogP contribution in [0.1, 0.15) is 28.3 Å². The highest BCUT2D eigenvalue weighted by Crippen LogP contribution is 2.32. The fourth-order valence-electron chi connectivity index (χ4n) is 2.51. The van der Waals surface area contributed by atoms with Gasteiger partial charge in [-0.2, -0.15) is 0 Å². The molecule has 140 valence electrons. The molecule has 8 heteroatoms. The fraction of sp³-hybridized carbons (Fsp3) is 0.263. The Labute approximate surface area is 161 Å². The lowest BCUT2D eigenvalue weighted by molar-refractivity contribution is -0.115. The molecule has 1 aliphatic rings. The zero-order valence-electron chi connectivity index (χ0n) is 15.5. The second kappa shape index (κ2) is 7.79. The first-order valence-corrected chi connectivity index (χ1v) is 9.05. The molecule has 2 heterocycles. The Bertz CT molecular complexity index is 956.